The fraction of sp³-hybridized carbons (Fsp3) is 0.812. The van der Waals surface area contributed by atoms with E-state index in [9.17, 15) is 8.42 Å². The van der Waals surface area contributed by atoms with Gasteiger partial charge in [-0.05, 0) is 52.9 Å². The zero-order valence-corrected chi connectivity index (χ0v) is 15.2. The molecule has 1 rings (SSSR count). The molecular formula is C16H31N3O2S. The second kappa shape index (κ2) is 8.56. The van der Waals surface area contributed by atoms with Gasteiger partial charge in [-0.15, -0.1) is 0 Å². The van der Waals surface area contributed by atoms with Crippen molar-refractivity contribution in [2.75, 3.05) is 25.9 Å². The minimum Gasteiger partial charge on any atom is -0.357 e. The molecule has 6 heteroatoms. The van der Waals surface area contributed by atoms with E-state index in [1.54, 1.807) is 13.8 Å². The molecule has 0 aliphatic heterocycles. The molecule has 0 bridgehead atoms. The molecule has 0 atom stereocenters. The maximum atomic E-state index is 11.7. The first-order valence-corrected chi connectivity index (χ1v) is 10.0. The molecule has 5 nitrogen and oxygen atoms in total. The molecule has 2 N–H and O–H groups in total. The van der Waals surface area contributed by atoms with Crippen LogP contribution in [0.1, 0.15) is 52.9 Å². The van der Waals surface area contributed by atoms with Crippen LogP contribution in [0.2, 0.25) is 0 Å². The highest BCUT2D eigenvalue weighted by atomic mass is 32.2. The van der Waals surface area contributed by atoms with Crippen LogP contribution in [0.15, 0.2) is 16.6 Å². The van der Waals surface area contributed by atoms with E-state index in [0.717, 1.165) is 19.5 Å². The summed E-state index contributed by atoms with van der Waals surface area (Å²) in [5.74, 6) is 0.690. The van der Waals surface area contributed by atoms with Crippen LogP contribution in [0, 0.1) is 0 Å². The van der Waals surface area contributed by atoms with Crippen molar-refractivity contribution in [1.82, 2.24) is 10.6 Å². The lowest BCUT2D eigenvalue weighted by atomic mass is 9.97. The molecule has 0 amide bonds. The molecule has 0 aromatic rings. The van der Waals surface area contributed by atoms with E-state index in [1.807, 2.05) is 6.92 Å². The van der Waals surface area contributed by atoms with E-state index >= 15 is 0 Å². The van der Waals surface area contributed by atoms with Gasteiger partial charge in [-0.2, -0.15) is 0 Å². The van der Waals surface area contributed by atoms with Gasteiger partial charge in [0.2, 0.25) is 0 Å². The fourth-order valence-corrected chi connectivity index (χ4v) is 2.50. The molecule has 0 saturated carbocycles. The summed E-state index contributed by atoms with van der Waals surface area (Å²) < 4.78 is 22.6. The number of nitrogens with one attached hydrogen (secondary N) is 2. The van der Waals surface area contributed by atoms with E-state index in [0.29, 0.717) is 5.96 Å². The molecular weight excluding hydrogens is 298 g/mol. The van der Waals surface area contributed by atoms with Gasteiger partial charge in [0.25, 0.3) is 0 Å². The van der Waals surface area contributed by atoms with Gasteiger partial charge in [-0.3, -0.25) is 4.99 Å². The second-order valence-electron chi connectivity index (χ2n) is 6.51. The van der Waals surface area contributed by atoms with Crippen molar-refractivity contribution in [3.8, 4) is 0 Å². The Balaban J connectivity index is 2.53. The van der Waals surface area contributed by atoms with Gasteiger partial charge >= 0.3 is 0 Å². The van der Waals surface area contributed by atoms with Gasteiger partial charge in [-0.25, -0.2) is 8.42 Å². The molecule has 1 aliphatic carbocycles. The quantitative estimate of drug-likeness (QED) is 0.427. The van der Waals surface area contributed by atoms with Crippen molar-refractivity contribution >= 4 is 15.8 Å². The molecule has 0 heterocycles. The minimum atomic E-state index is -3.12. The first kappa shape index (κ1) is 19.0. The SMILES string of the molecule is CCNC(=NCC(C)(C)S(C)(=O)=O)NCCC1=CCCCC1. The number of hydrogen-bond donors (Lipinski definition) is 2. The number of allylic oxidation sites excluding steroid dienone is 1. The maximum absolute atomic E-state index is 11.7. The number of rotatable bonds is 7. The zero-order chi connectivity index (χ0) is 16.6. The number of guanidine groups is 1. The smallest absolute Gasteiger partial charge is 0.191 e. The van der Waals surface area contributed by atoms with Crippen LogP contribution in [0.25, 0.3) is 0 Å². The summed E-state index contributed by atoms with van der Waals surface area (Å²) in [4.78, 5) is 4.43. The van der Waals surface area contributed by atoms with E-state index in [1.165, 1.54) is 37.5 Å². The molecule has 0 unspecified atom stereocenters. The van der Waals surface area contributed by atoms with Crippen molar-refractivity contribution in [1.29, 1.82) is 0 Å². The Labute approximate surface area is 135 Å². The Bertz CT molecular complexity index is 507. The van der Waals surface area contributed by atoms with Gasteiger partial charge in [-0.1, -0.05) is 11.6 Å². The van der Waals surface area contributed by atoms with Crippen LogP contribution in [0.5, 0.6) is 0 Å². The minimum absolute atomic E-state index is 0.254. The van der Waals surface area contributed by atoms with Gasteiger partial charge in [0.1, 0.15) is 0 Å². The first-order valence-electron chi connectivity index (χ1n) is 8.16. The van der Waals surface area contributed by atoms with Crippen molar-refractivity contribution in [3.63, 3.8) is 0 Å². The average molecular weight is 330 g/mol. The van der Waals surface area contributed by atoms with Gasteiger partial charge < -0.3 is 10.6 Å². The topological polar surface area (TPSA) is 70.6 Å². The second-order valence-corrected chi connectivity index (χ2v) is 9.16. The molecule has 0 spiro atoms. The van der Waals surface area contributed by atoms with E-state index in [4.69, 9.17) is 0 Å². The van der Waals surface area contributed by atoms with Gasteiger partial charge in [0.15, 0.2) is 15.8 Å². The third-order valence-corrected chi connectivity index (χ3v) is 6.23. The van der Waals surface area contributed by atoms with Crippen LogP contribution < -0.4 is 10.6 Å². The summed E-state index contributed by atoms with van der Waals surface area (Å²) in [6, 6.07) is 0. The number of aliphatic imine (C=N–C) groups is 1. The first-order chi connectivity index (χ1) is 10.3. The molecule has 0 aromatic carbocycles. The lowest BCUT2D eigenvalue weighted by Gasteiger charge is -2.21. The van der Waals surface area contributed by atoms with Crippen molar-refractivity contribution in [2.45, 2.75) is 57.6 Å². The predicted octanol–water partition coefficient (Wildman–Crippen LogP) is 2.26. The van der Waals surface area contributed by atoms with Gasteiger partial charge in [0, 0.05) is 19.3 Å². The number of nitrogens with zero attached hydrogens (tertiary/aromatic N) is 1. The standard InChI is InChI=1S/C16H31N3O2S/c1-5-17-15(19-13-16(2,3)22(4,20)21)18-12-11-14-9-7-6-8-10-14/h9H,5-8,10-13H2,1-4H3,(H2,17,18,19). The van der Waals surface area contributed by atoms with Crippen LogP contribution in [0.4, 0.5) is 0 Å². The summed E-state index contributed by atoms with van der Waals surface area (Å²) in [7, 11) is -3.12. The summed E-state index contributed by atoms with van der Waals surface area (Å²) >= 11 is 0. The molecule has 128 valence electrons. The molecule has 0 aromatic heterocycles. The number of hydrogen-bond acceptors (Lipinski definition) is 3. The van der Waals surface area contributed by atoms with E-state index in [-0.39, 0.29) is 6.54 Å². The van der Waals surface area contributed by atoms with Crippen LogP contribution in [-0.2, 0) is 9.84 Å². The Morgan fingerprint density at radius 1 is 1.32 bits per heavy atom. The van der Waals surface area contributed by atoms with Crippen molar-refractivity contribution < 1.29 is 8.42 Å². The predicted molar refractivity (Wildman–Crippen MR) is 94.1 cm³/mol. The zero-order valence-electron chi connectivity index (χ0n) is 14.4. The highest BCUT2D eigenvalue weighted by Crippen LogP contribution is 2.19. The van der Waals surface area contributed by atoms with Crippen LogP contribution in [0.3, 0.4) is 0 Å². The molecule has 0 fully saturated rings. The summed E-state index contributed by atoms with van der Waals surface area (Å²) in [5, 5.41) is 6.46. The third kappa shape index (κ3) is 6.38. The highest BCUT2D eigenvalue weighted by molar-refractivity contribution is 7.92. The monoisotopic (exact) mass is 329 g/mol. The molecule has 22 heavy (non-hydrogen) atoms. The normalized spacial score (nSPS) is 17.1. The Kier molecular flexibility index (Phi) is 7.39. The summed E-state index contributed by atoms with van der Waals surface area (Å²) in [6.07, 6.45) is 9.65. The van der Waals surface area contributed by atoms with E-state index in [2.05, 4.69) is 21.7 Å². The van der Waals surface area contributed by atoms with Crippen LogP contribution in [-0.4, -0.2) is 45.0 Å². The maximum Gasteiger partial charge on any atom is 0.191 e. The van der Waals surface area contributed by atoms with Crippen molar-refractivity contribution in [2.24, 2.45) is 4.99 Å². The summed E-state index contributed by atoms with van der Waals surface area (Å²) in [5.41, 5.74) is 1.52. The Hall–Kier alpha value is -1.04. The lowest BCUT2D eigenvalue weighted by molar-refractivity contribution is 0.554. The van der Waals surface area contributed by atoms with Crippen LogP contribution >= 0.6 is 0 Å². The molecule has 0 saturated heterocycles. The summed E-state index contributed by atoms with van der Waals surface area (Å²) in [6.45, 7) is 7.27. The van der Waals surface area contributed by atoms with Crippen molar-refractivity contribution in [3.05, 3.63) is 11.6 Å². The van der Waals surface area contributed by atoms with E-state index < -0.39 is 14.6 Å². The molecule has 1 aliphatic rings. The highest BCUT2D eigenvalue weighted by Gasteiger charge is 2.29. The largest absolute Gasteiger partial charge is 0.357 e. The Morgan fingerprint density at radius 3 is 2.59 bits per heavy atom. The number of sulfone groups is 1. The molecule has 0 radical (unpaired) electrons. The van der Waals surface area contributed by atoms with Gasteiger partial charge in [0.05, 0.1) is 11.3 Å². The fourth-order valence-electron chi connectivity index (χ4n) is 2.20. The Morgan fingerprint density at radius 2 is 2.05 bits per heavy atom. The average Bonchev–Trinajstić information content (AvgIpc) is 2.45. The third-order valence-electron chi connectivity index (χ3n) is 4.09. The lowest BCUT2D eigenvalue weighted by Crippen LogP contribution is -2.41.